The lowest BCUT2D eigenvalue weighted by Crippen LogP contribution is -2.01. The molecule has 1 N–H and O–H groups in total. The number of hydrogen-bond donors (Lipinski definition) is 1. The monoisotopic (exact) mass is 222 g/mol. The summed E-state index contributed by atoms with van der Waals surface area (Å²) in [5.41, 5.74) is 0.825. The lowest BCUT2D eigenvalue weighted by atomic mass is 10.2. The maximum atomic E-state index is 8.84. The highest BCUT2D eigenvalue weighted by atomic mass is 16.5. The van der Waals surface area contributed by atoms with Crippen molar-refractivity contribution in [3.05, 3.63) is 18.3 Å². The van der Waals surface area contributed by atoms with Crippen molar-refractivity contribution in [2.75, 3.05) is 20.8 Å². The zero-order valence-corrected chi connectivity index (χ0v) is 9.30. The lowest BCUT2D eigenvalue weighted by molar-refractivity contribution is 0.270. The van der Waals surface area contributed by atoms with Gasteiger partial charge in [0.25, 0.3) is 0 Å². The molecule has 0 radical (unpaired) electrons. The molecule has 5 nitrogen and oxygen atoms in total. The molecule has 0 aliphatic rings. The fourth-order valence-corrected chi connectivity index (χ4v) is 1.62. The average Bonchev–Trinajstić information content (AvgIpc) is 2.68. The SMILES string of the molecule is COc1cc2cn(CCO)nc2cc1OC. The van der Waals surface area contributed by atoms with Crippen LogP contribution in [-0.2, 0) is 6.54 Å². The molecule has 5 heteroatoms. The maximum absolute atomic E-state index is 8.84. The van der Waals surface area contributed by atoms with Crippen LogP contribution in [0.4, 0.5) is 0 Å². The van der Waals surface area contributed by atoms with Gasteiger partial charge < -0.3 is 14.6 Å². The van der Waals surface area contributed by atoms with Crippen LogP contribution in [0.3, 0.4) is 0 Å². The van der Waals surface area contributed by atoms with Crippen LogP contribution in [0, 0.1) is 0 Å². The van der Waals surface area contributed by atoms with E-state index in [-0.39, 0.29) is 6.61 Å². The summed E-state index contributed by atoms with van der Waals surface area (Å²) in [6, 6.07) is 3.69. The van der Waals surface area contributed by atoms with E-state index in [1.54, 1.807) is 18.9 Å². The largest absolute Gasteiger partial charge is 0.493 e. The van der Waals surface area contributed by atoms with E-state index in [2.05, 4.69) is 5.10 Å². The molecule has 2 rings (SSSR count). The van der Waals surface area contributed by atoms with Crippen molar-refractivity contribution in [2.45, 2.75) is 6.54 Å². The van der Waals surface area contributed by atoms with Crippen molar-refractivity contribution in [3.63, 3.8) is 0 Å². The maximum Gasteiger partial charge on any atom is 0.162 e. The van der Waals surface area contributed by atoms with Crippen LogP contribution < -0.4 is 9.47 Å². The smallest absolute Gasteiger partial charge is 0.162 e. The normalized spacial score (nSPS) is 10.7. The first kappa shape index (κ1) is 10.8. The molecule has 0 saturated carbocycles. The standard InChI is InChI=1S/C11H14N2O3/c1-15-10-5-8-7-13(3-4-14)12-9(8)6-11(10)16-2/h5-7,14H,3-4H2,1-2H3. The number of nitrogens with zero attached hydrogens (tertiary/aromatic N) is 2. The van der Waals surface area contributed by atoms with E-state index in [1.807, 2.05) is 18.3 Å². The highest BCUT2D eigenvalue weighted by Gasteiger charge is 2.08. The van der Waals surface area contributed by atoms with Crippen molar-refractivity contribution in [1.82, 2.24) is 9.78 Å². The van der Waals surface area contributed by atoms with Gasteiger partial charge in [-0.2, -0.15) is 5.10 Å². The van der Waals surface area contributed by atoms with Crippen LogP contribution in [-0.4, -0.2) is 35.7 Å². The van der Waals surface area contributed by atoms with Crippen molar-refractivity contribution in [2.24, 2.45) is 0 Å². The zero-order chi connectivity index (χ0) is 11.5. The Hall–Kier alpha value is -1.75. The summed E-state index contributed by atoms with van der Waals surface area (Å²) in [5, 5.41) is 14.1. The van der Waals surface area contributed by atoms with E-state index in [9.17, 15) is 0 Å². The highest BCUT2D eigenvalue weighted by Crippen LogP contribution is 2.31. The van der Waals surface area contributed by atoms with E-state index in [0.717, 1.165) is 10.9 Å². The van der Waals surface area contributed by atoms with Crippen LogP contribution in [0.25, 0.3) is 10.9 Å². The summed E-state index contributed by atoms with van der Waals surface area (Å²) in [6.07, 6.45) is 1.87. The molecule has 0 saturated heterocycles. The van der Waals surface area contributed by atoms with Gasteiger partial charge >= 0.3 is 0 Å². The highest BCUT2D eigenvalue weighted by molar-refractivity contribution is 5.82. The number of aromatic nitrogens is 2. The van der Waals surface area contributed by atoms with E-state index < -0.39 is 0 Å². The Kier molecular flexibility index (Phi) is 2.96. The van der Waals surface area contributed by atoms with Gasteiger partial charge in [0.2, 0.25) is 0 Å². The molecule has 0 amide bonds. The Morgan fingerprint density at radius 2 is 1.94 bits per heavy atom. The van der Waals surface area contributed by atoms with Gasteiger partial charge in [-0.25, -0.2) is 0 Å². The number of hydrogen-bond acceptors (Lipinski definition) is 4. The van der Waals surface area contributed by atoms with Crippen LogP contribution in [0.2, 0.25) is 0 Å². The van der Waals surface area contributed by atoms with Gasteiger partial charge in [0.1, 0.15) is 0 Å². The van der Waals surface area contributed by atoms with Gasteiger partial charge in [0.05, 0.1) is 32.9 Å². The van der Waals surface area contributed by atoms with Gasteiger partial charge in [0, 0.05) is 17.6 Å². The van der Waals surface area contributed by atoms with Gasteiger partial charge in [0.15, 0.2) is 11.5 Å². The summed E-state index contributed by atoms with van der Waals surface area (Å²) >= 11 is 0. The number of methoxy groups -OCH3 is 2. The molecule has 1 aromatic carbocycles. The number of ether oxygens (including phenoxy) is 2. The summed E-state index contributed by atoms with van der Waals surface area (Å²) in [7, 11) is 3.19. The molecule has 0 bridgehead atoms. The minimum atomic E-state index is 0.0717. The minimum Gasteiger partial charge on any atom is -0.493 e. The van der Waals surface area contributed by atoms with E-state index in [1.165, 1.54) is 0 Å². The number of rotatable bonds is 4. The van der Waals surface area contributed by atoms with E-state index in [4.69, 9.17) is 14.6 Å². The lowest BCUT2D eigenvalue weighted by Gasteiger charge is -2.05. The summed E-state index contributed by atoms with van der Waals surface area (Å²) < 4.78 is 12.1. The second-order valence-corrected chi connectivity index (χ2v) is 3.38. The quantitative estimate of drug-likeness (QED) is 0.840. The first-order chi connectivity index (χ1) is 7.78. The van der Waals surface area contributed by atoms with Crippen LogP contribution >= 0.6 is 0 Å². The molecular formula is C11H14N2O3. The predicted octanol–water partition coefficient (Wildman–Crippen LogP) is 1.05. The van der Waals surface area contributed by atoms with Crippen LogP contribution in [0.5, 0.6) is 11.5 Å². The fraction of sp³-hybridized carbons (Fsp3) is 0.364. The second-order valence-electron chi connectivity index (χ2n) is 3.38. The second kappa shape index (κ2) is 4.40. The zero-order valence-electron chi connectivity index (χ0n) is 9.30. The Balaban J connectivity index is 2.51. The number of benzene rings is 1. The molecular weight excluding hydrogens is 208 g/mol. The predicted molar refractivity (Wildman–Crippen MR) is 59.9 cm³/mol. The van der Waals surface area contributed by atoms with Gasteiger partial charge in [-0.1, -0.05) is 0 Å². The van der Waals surface area contributed by atoms with Crippen molar-refractivity contribution in [3.8, 4) is 11.5 Å². The van der Waals surface area contributed by atoms with Gasteiger partial charge in [-0.3, -0.25) is 4.68 Å². The molecule has 2 aromatic rings. The summed E-state index contributed by atoms with van der Waals surface area (Å²) in [4.78, 5) is 0. The van der Waals surface area contributed by atoms with Crippen LogP contribution in [0.15, 0.2) is 18.3 Å². The van der Waals surface area contributed by atoms with Crippen LogP contribution in [0.1, 0.15) is 0 Å². The first-order valence-electron chi connectivity index (χ1n) is 4.98. The van der Waals surface area contributed by atoms with Gasteiger partial charge in [-0.15, -0.1) is 0 Å². The summed E-state index contributed by atoms with van der Waals surface area (Å²) in [6.45, 7) is 0.557. The Morgan fingerprint density at radius 3 is 2.56 bits per heavy atom. The number of fused-ring (bicyclic) bond motifs is 1. The third kappa shape index (κ3) is 1.81. The minimum absolute atomic E-state index is 0.0717. The summed E-state index contributed by atoms with van der Waals surface area (Å²) in [5.74, 6) is 1.34. The number of aliphatic hydroxyl groups is 1. The molecule has 0 atom stereocenters. The van der Waals surface area contributed by atoms with E-state index >= 15 is 0 Å². The Bertz CT molecular complexity index is 452. The molecule has 16 heavy (non-hydrogen) atoms. The Labute approximate surface area is 93.2 Å². The van der Waals surface area contributed by atoms with Crippen molar-refractivity contribution < 1.29 is 14.6 Å². The van der Waals surface area contributed by atoms with Crippen molar-refractivity contribution in [1.29, 1.82) is 0 Å². The molecule has 86 valence electrons. The molecule has 1 heterocycles. The molecule has 0 spiro atoms. The molecule has 0 aliphatic heterocycles. The van der Waals surface area contributed by atoms with Crippen molar-refractivity contribution >= 4 is 10.9 Å². The number of aliphatic hydroxyl groups excluding tert-OH is 1. The fourth-order valence-electron chi connectivity index (χ4n) is 1.62. The van der Waals surface area contributed by atoms with Gasteiger partial charge in [-0.05, 0) is 6.07 Å². The average molecular weight is 222 g/mol. The molecule has 0 fully saturated rings. The molecule has 0 aliphatic carbocycles. The molecule has 1 aromatic heterocycles. The molecule has 0 unspecified atom stereocenters. The third-order valence-electron chi connectivity index (χ3n) is 2.39. The van der Waals surface area contributed by atoms with E-state index in [0.29, 0.717) is 18.0 Å². The first-order valence-corrected chi connectivity index (χ1v) is 4.98. The topological polar surface area (TPSA) is 56.5 Å². The third-order valence-corrected chi connectivity index (χ3v) is 2.39. The Morgan fingerprint density at radius 1 is 1.25 bits per heavy atom.